The monoisotopic (exact) mass is 229 g/mol. The van der Waals surface area contributed by atoms with Crippen LogP contribution in [0.3, 0.4) is 0 Å². The molecule has 1 fully saturated rings. The molecule has 17 heavy (non-hydrogen) atoms. The summed E-state index contributed by atoms with van der Waals surface area (Å²) < 4.78 is 0. The van der Waals surface area contributed by atoms with Crippen molar-refractivity contribution in [3.63, 3.8) is 0 Å². The molecule has 1 saturated carbocycles. The van der Waals surface area contributed by atoms with Crippen molar-refractivity contribution in [1.82, 2.24) is 10.3 Å². The van der Waals surface area contributed by atoms with Gasteiger partial charge >= 0.3 is 0 Å². The maximum Gasteiger partial charge on any atom is 0.269 e. The highest BCUT2D eigenvalue weighted by Gasteiger charge is 2.27. The summed E-state index contributed by atoms with van der Waals surface area (Å²) in [5, 5.41) is 11.5. The van der Waals surface area contributed by atoms with Crippen LogP contribution in [-0.2, 0) is 0 Å². The number of amides is 1. The Balaban J connectivity index is 1.88. The van der Waals surface area contributed by atoms with Gasteiger partial charge in [-0.25, -0.2) is 4.98 Å². The number of rotatable bonds is 4. The smallest absolute Gasteiger partial charge is 0.269 e. The molecule has 1 amide bonds. The molecule has 1 aromatic heterocycles. The van der Waals surface area contributed by atoms with Crippen LogP contribution in [0.1, 0.15) is 35.8 Å². The highest BCUT2D eigenvalue weighted by molar-refractivity contribution is 5.92. The first-order valence-electron chi connectivity index (χ1n) is 5.85. The van der Waals surface area contributed by atoms with Crippen molar-refractivity contribution >= 4 is 5.91 Å². The number of hydrogen-bond donors (Lipinski definition) is 1. The molecule has 0 saturated heterocycles. The Hall–Kier alpha value is -1.89. The Morgan fingerprint density at radius 2 is 2.41 bits per heavy atom. The highest BCUT2D eigenvalue weighted by Crippen LogP contribution is 2.36. The quantitative estimate of drug-likeness (QED) is 0.855. The van der Waals surface area contributed by atoms with Crippen molar-refractivity contribution in [2.75, 3.05) is 6.54 Å². The van der Waals surface area contributed by atoms with Gasteiger partial charge in [-0.05, 0) is 36.8 Å². The lowest BCUT2D eigenvalue weighted by atomic mass is 10.1. The molecule has 2 rings (SSSR count). The Morgan fingerprint density at radius 3 is 2.94 bits per heavy atom. The van der Waals surface area contributed by atoms with Crippen LogP contribution in [0.15, 0.2) is 18.3 Å². The van der Waals surface area contributed by atoms with E-state index in [9.17, 15) is 4.79 Å². The van der Waals surface area contributed by atoms with Crippen molar-refractivity contribution in [3.05, 3.63) is 29.6 Å². The normalized spacial score (nSPS) is 16.0. The summed E-state index contributed by atoms with van der Waals surface area (Å²) in [5.41, 5.74) is 0.833. The predicted molar refractivity (Wildman–Crippen MR) is 63.2 cm³/mol. The third-order valence-electron chi connectivity index (χ3n) is 3.14. The van der Waals surface area contributed by atoms with Crippen molar-refractivity contribution in [2.45, 2.75) is 19.8 Å². The van der Waals surface area contributed by atoms with Gasteiger partial charge in [0.15, 0.2) is 0 Å². The molecule has 0 spiro atoms. The standard InChI is InChI=1S/C13H15N3O/c1-9(11-3-4-11)7-16-13(17)12-5-2-10(6-14)8-15-12/h2,5,8-9,11H,3-4,7H2,1H3,(H,16,17). The molecule has 1 N–H and O–H groups in total. The van der Waals surface area contributed by atoms with Crippen molar-refractivity contribution in [3.8, 4) is 6.07 Å². The van der Waals surface area contributed by atoms with Gasteiger partial charge in [0.1, 0.15) is 11.8 Å². The van der Waals surface area contributed by atoms with Gasteiger partial charge in [0, 0.05) is 12.7 Å². The zero-order chi connectivity index (χ0) is 12.3. The van der Waals surface area contributed by atoms with Gasteiger partial charge in [-0.1, -0.05) is 6.92 Å². The van der Waals surface area contributed by atoms with Crippen LogP contribution in [0.25, 0.3) is 0 Å². The van der Waals surface area contributed by atoms with E-state index in [-0.39, 0.29) is 5.91 Å². The maximum atomic E-state index is 11.7. The van der Waals surface area contributed by atoms with Gasteiger partial charge in [0.05, 0.1) is 5.56 Å². The Labute approximate surface area is 101 Å². The molecule has 1 aliphatic rings. The second-order valence-corrected chi connectivity index (χ2v) is 4.57. The summed E-state index contributed by atoms with van der Waals surface area (Å²) in [6, 6.07) is 5.15. The molecule has 4 heteroatoms. The number of nitrogens with one attached hydrogen (secondary N) is 1. The van der Waals surface area contributed by atoms with Crippen molar-refractivity contribution in [2.24, 2.45) is 11.8 Å². The topological polar surface area (TPSA) is 65.8 Å². The van der Waals surface area contributed by atoms with E-state index in [4.69, 9.17) is 5.26 Å². The fourth-order valence-electron chi connectivity index (χ4n) is 1.77. The average molecular weight is 229 g/mol. The summed E-state index contributed by atoms with van der Waals surface area (Å²) in [6.45, 7) is 2.86. The van der Waals surface area contributed by atoms with E-state index < -0.39 is 0 Å². The summed E-state index contributed by atoms with van der Waals surface area (Å²) >= 11 is 0. The number of carbonyl (C=O) groups is 1. The fourth-order valence-corrected chi connectivity index (χ4v) is 1.77. The Kier molecular flexibility index (Phi) is 3.38. The molecule has 88 valence electrons. The van der Waals surface area contributed by atoms with E-state index in [2.05, 4.69) is 17.2 Å². The minimum atomic E-state index is -0.165. The number of pyridine rings is 1. The van der Waals surface area contributed by atoms with E-state index in [1.54, 1.807) is 12.1 Å². The molecule has 0 aromatic carbocycles. The molecule has 1 aliphatic carbocycles. The average Bonchev–Trinajstić information content (AvgIpc) is 3.20. The largest absolute Gasteiger partial charge is 0.350 e. The fraction of sp³-hybridized carbons (Fsp3) is 0.462. The van der Waals surface area contributed by atoms with Crippen LogP contribution in [0, 0.1) is 23.2 Å². The lowest BCUT2D eigenvalue weighted by molar-refractivity contribution is 0.0941. The Morgan fingerprint density at radius 1 is 1.65 bits per heavy atom. The summed E-state index contributed by atoms with van der Waals surface area (Å²) in [4.78, 5) is 15.7. The van der Waals surface area contributed by atoms with Crippen LogP contribution in [0.5, 0.6) is 0 Å². The number of aromatic nitrogens is 1. The number of nitriles is 1. The zero-order valence-corrected chi connectivity index (χ0v) is 9.81. The molecule has 4 nitrogen and oxygen atoms in total. The maximum absolute atomic E-state index is 11.7. The lowest BCUT2D eigenvalue weighted by Gasteiger charge is -2.10. The first-order chi connectivity index (χ1) is 8.20. The van der Waals surface area contributed by atoms with E-state index in [1.165, 1.54) is 19.0 Å². The molecular weight excluding hydrogens is 214 g/mol. The molecular formula is C13H15N3O. The summed E-state index contributed by atoms with van der Waals surface area (Å²) in [7, 11) is 0. The van der Waals surface area contributed by atoms with Crippen LogP contribution in [0.2, 0.25) is 0 Å². The first-order valence-corrected chi connectivity index (χ1v) is 5.85. The van der Waals surface area contributed by atoms with Gasteiger partial charge in [0.2, 0.25) is 0 Å². The molecule has 1 aromatic rings. The molecule has 1 unspecified atom stereocenters. The van der Waals surface area contributed by atoms with Crippen molar-refractivity contribution in [1.29, 1.82) is 5.26 Å². The zero-order valence-electron chi connectivity index (χ0n) is 9.81. The third kappa shape index (κ3) is 3.04. The van der Waals surface area contributed by atoms with Gasteiger partial charge in [-0.15, -0.1) is 0 Å². The number of hydrogen-bond acceptors (Lipinski definition) is 3. The van der Waals surface area contributed by atoms with E-state index in [0.29, 0.717) is 23.7 Å². The predicted octanol–water partition coefficient (Wildman–Crippen LogP) is 1.73. The summed E-state index contributed by atoms with van der Waals surface area (Å²) in [5.74, 6) is 1.16. The van der Waals surface area contributed by atoms with Crippen LogP contribution >= 0.6 is 0 Å². The van der Waals surface area contributed by atoms with Gasteiger partial charge in [-0.2, -0.15) is 5.26 Å². The molecule has 0 aliphatic heterocycles. The first kappa shape index (κ1) is 11.6. The second-order valence-electron chi connectivity index (χ2n) is 4.57. The molecule has 0 radical (unpaired) electrons. The lowest BCUT2D eigenvalue weighted by Crippen LogP contribution is -2.29. The second kappa shape index (κ2) is 4.96. The number of nitrogens with zero attached hydrogens (tertiary/aromatic N) is 2. The minimum absolute atomic E-state index is 0.165. The molecule has 1 heterocycles. The highest BCUT2D eigenvalue weighted by atomic mass is 16.1. The van der Waals surface area contributed by atoms with Gasteiger partial charge in [0.25, 0.3) is 5.91 Å². The van der Waals surface area contributed by atoms with Crippen LogP contribution < -0.4 is 5.32 Å². The van der Waals surface area contributed by atoms with Gasteiger partial charge in [-0.3, -0.25) is 4.79 Å². The molecule has 0 bridgehead atoms. The summed E-state index contributed by atoms with van der Waals surface area (Å²) in [6.07, 6.45) is 3.98. The van der Waals surface area contributed by atoms with Crippen molar-refractivity contribution < 1.29 is 4.79 Å². The minimum Gasteiger partial charge on any atom is -0.350 e. The number of carbonyl (C=O) groups excluding carboxylic acids is 1. The SMILES string of the molecule is CC(CNC(=O)c1ccc(C#N)cn1)C1CC1. The van der Waals surface area contributed by atoms with Gasteiger partial charge < -0.3 is 5.32 Å². The van der Waals surface area contributed by atoms with E-state index in [0.717, 1.165) is 5.92 Å². The third-order valence-corrected chi connectivity index (χ3v) is 3.14. The van der Waals surface area contributed by atoms with E-state index in [1.807, 2.05) is 6.07 Å². The van der Waals surface area contributed by atoms with Crippen LogP contribution in [-0.4, -0.2) is 17.4 Å². The van der Waals surface area contributed by atoms with E-state index >= 15 is 0 Å². The van der Waals surface area contributed by atoms with Crippen LogP contribution in [0.4, 0.5) is 0 Å². The Bertz CT molecular complexity index is 443. The molecule has 1 atom stereocenters.